The number of anilines is 1. The van der Waals surface area contributed by atoms with Gasteiger partial charge in [-0.15, -0.1) is 0 Å². The number of hydrogen-bond acceptors (Lipinski definition) is 5. The van der Waals surface area contributed by atoms with Crippen molar-refractivity contribution >= 4 is 11.8 Å². The largest absolute Gasteiger partial charge is 0.464 e. The van der Waals surface area contributed by atoms with Crippen LogP contribution in [0.3, 0.4) is 0 Å². The molecular weight excluding hydrogens is 206 g/mol. The first-order valence-electron chi connectivity index (χ1n) is 4.97. The van der Waals surface area contributed by atoms with Crippen molar-refractivity contribution in [3.8, 4) is 6.07 Å². The second-order valence-electron chi connectivity index (χ2n) is 3.14. The number of rotatable bonds is 4. The lowest BCUT2D eigenvalue weighted by Gasteiger charge is -2.12. The number of esters is 1. The zero-order valence-electron chi connectivity index (χ0n) is 9.23. The zero-order valence-corrected chi connectivity index (χ0v) is 9.23. The normalized spacial score (nSPS) is 11.3. The Balaban J connectivity index is 2.66. The van der Waals surface area contributed by atoms with E-state index in [1.807, 2.05) is 6.07 Å². The first-order valence-corrected chi connectivity index (χ1v) is 4.97. The second-order valence-corrected chi connectivity index (χ2v) is 3.14. The number of nitriles is 1. The number of nitrogens with zero attached hydrogens (tertiary/aromatic N) is 2. The van der Waals surface area contributed by atoms with Crippen LogP contribution in [0.1, 0.15) is 19.5 Å². The van der Waals surface area contributed by atoms with E-state index < -0.39 is 6.04 Å². The van der Waals surface area contributed by atoms with Gasteiger partial charge in [0.2, 0.25) is 0 Å². The highest BCUT2D eigenvalue weighted by Crippen LogP contribution is 2.06. The Morgan fingerprint density at radius 2 is 2.44 bits per heavy atom. The third kappa shape index (κ3) is 3.24. The van der Waals surface area contributed by atoms with Gasteiger partial charge in [0.05, 0.1) is 6.61 Å². The Labute approximate surface area is 94.1 Å². The molecule has 0 spiro atoms. The van der Waals surface area contributed by atoms with Crippen LogP contribution in [-0.4, -0.2) is 23.6 Å². The number of carbonyl (C=O) groups is 1. The molecule has 5 nitrogen and oxygen atoms in total. The molecule has 1 unspecified atom stereocenters. The van der Waals surface area contributed by atoms with Crippen LogP contribution < -0.4 is 5.32 Å². The summed E-state index contributed by atoms with van der Waals surface area (Å²) in [6.45, 7) is 3.77. The molecule has 1 N–H and O–H groups in total. The smallest absolute Gasteiger partial charge is 0.328 e. The molecule has 0 amide bonds. The van der Waals surface area contributed by atoms with Crippen LogP contribution >= 0.6 is 0 Å². The molecule has 1 atom stereocenters. The van der Waals surface area contributed by atoms with Crippen molar-refractivity contribution in [2.45, 2.75) is 19.9 Å². The van der Waals surface area contributed by atoms with E-state index in [1.54, 1.807) is 32.0 Å². The first kappa shape index (κ1) is 12.0. The van der Waals surface area contributed by atoms with E-state index in [4.69, 9.17) is 10.00 Å². The van der Waals surface area contributed by atoms with E-state index in [9.17, 15) is 4.79 Å². The highest BCUT2D eigenvalue weighted by Gasteiger charge is 2.13. The minimum Gasteiger partial charge on any atom is -0.464 e. The van der Waals surface area contributed by atoms with Gasteiger partial charge in [0, 0.05) is 0 Å². The molecule has 0 aromatic carbocycles. The van der Waals surface area contributed by atoms with Crippen LogP contribution in [0.15, 0.2) is 18.2 Å². The lowest BCUT2D eigenvalue weighted by atomic mass is 10.3. The third-order valence-electron chi connectivity index (χ3n) is 1.87. The Kier molecular flexibility index (Phi) is 4.28. The molecule has 0 radical (unpaired) electrons. The van der Waals surface area contributed by atoms with Gasteiger partial charge in [-0.05, 0) is 26.0 Å². The Morgan fingerprint density at radius 1 is 1.69 bits per heavy atom. The van der Waals surface area contributed by atoms with Crippen molar-refractivity contribution in [2.24, 2.45) is 0 Å². The van der Waals surface area contributed by atoms with Crippen LogP contribution in [-0.2, 0) is 9.53 Å². The third-order valence-corrected chi connectivity index (χ3v) is 1.87. The van der Waals surface area contributed by atoms with Gasteiger partial charge in [0.15, 0.2) is 0 Å². The van der Waals surface area contributed by atoms with Crippen molar-refractivity contribution in [3.63, 3.8) is 0 Å². The second kappa shape index (κ2) is 5.71. The fraction of sp³-hybridized carbons (Fsp3) is 0.364. The summed E-state index contributed by atoms with van der Waals surface area (Å²) in [5, 5.41) is 11.5. The summed E-state index contributed by atoms with van der Waals surface area (Å²) in [6.07, 6.45) is 0. The quantitative estimate of drug-likeness (QED) is 0.773. The summed E-state index contributed by atoms with van der Waals surface area (Å²) < 4.78 is 4.84. The van der Waals surface area contributed by atoms with Crippen molar-refractivity contribution < 1.29 is 9.53 Å². The molecule has 84 valence electrons. The molecule has 1 aromatic heterocycles. The SMILES string of the molecule is CCOC(=O)C(C)Nc1cccc(C#N)n1. The molecular formula is C11H13N3O2. The van der Waals surface area contributed by atoms with Gasteiger partial charge in [-0.3, -0.25) is 0 Å². The lowest BCUT2D eigenvalue weighted by Crippen LogP contribution is -2.28. The van der Waals surface area contributed by atoms with E-state index in [1.165, 1.54) is 0 Å². The average molecular weight is 219 g/mol. The van der Waals surface area contributed by atoms with Crippen molar-refractivity contribution in [2.75, 3.05) is 11.9 Å². The summed E-state index contributed by atoms with van der Waals surface area (Å²) >= 11 is 0. The van der Waals surface area contributed by atoms with Gasteiger partial charge >= 0.3 is 5.97 Å². The highest BCUT2D eigenvalue weighted by atomic mass is 16.5. The van der Waals surface area contributed by atoms with Crippen LogP contribution in [0.25, 0.3) is 0 Å². The summed E-state index contributed by atoms with van der Waals surface area (Å²) in [6, 6.07) is 6.43. The van der Waals surface area contributed by atoms with Gasteiger partial charge in [-0.25, -0.2) is 9.78 Å². The van der Waals surface area contributed by atoms with Gasteiger partial charge in [0.1, 0.15) is 23.6 Å². The predicted octanol–water partition coefficient (Wildman–Crippen LogP) is 1.32. The Hall–Kier alpha value is -2.09. The first-order chi connectivity index (χ1) is 7.67. The summed E-state index contributed by atoms with van der Waals surface area (Å²) in [7, 11) is 0. The maximum Gasteiger partial charge on any atom is 0.328 e. The fourth-order valence-electron chi connectivity index (χ4n) is 1.13. The Bertz CT molecular complexity index is 412. The number of ether oxygens (including phenoxy) is 1. The number of carbonyl (C=O) groups excluding carboxylic acids is 1. The highest BCUT2D eigenvalue weighted by molar-refractivity contribution is 5.78. The molecule has 16 heavy (non-hydrogen) atoms. The lowest BCUT2D eigenvalue weighted by molar-refractivity contribution is -0.143. The maximum absolute atomic E-state index is 11.3. The van der Waals surface area contributed by atoms with Crippen molar-refractivity contribution in [1.29, 1.82) is 5.26 Å². The minimum absolute atomic E-state index is 0.307. The van der Waals surface area contributed by atoms with Crippen molar-refractivity contribution in [3.05, 3.63) is 23.9 Å². The topological polar surface area (TPSA) is 75.0 Å². The summed E-state index contributed by atoms with van der Waals surface area (Å²) in [4.78, 5) is 15.3. The molecule has 0 fully saturated rings. The van der Waals surface area contributed by atoms with Crippen LogP contribution in [0.2, 0.25) is 0 Å². The van der Waals surface area contributed by atoms with Gasteiger partial charge < -0.3 is 10.1 Å². The van der Waals surface area contributed by atoms with Crippen molar-refractivity contribution in [1.82, 2.24) is 4.98 Å². The molecule has 5 heteroatoms. The number of aromatic nitrogens is 1. The summed E-state index contributed by atoms with van der Waals surface area (Å²) in [5.41, 5.74) is 0.307. The van der Waals surface area contributed by atoms with Gasteiger partial charge in [-0.2, -0.15) is 5.26 Å². The minimum atomic E-state index is -0.485. The van der Waals surface area contributed by atoms with E-state index >= 15 is 0 Å². The monoisotopic (exact) mass is 219 g/mol. The van der Waals surface area contributed by atoms with Crippen LogP contribution in [0, 0.1) is 11.3 Å². The molecule has 0 aliphatic heterocycles. The van der Waals surface area contributed by atoms with Crippen LogP contribution in [0.5, 0.6) is 0 Å². The molecule has 1 heterocycles. The van der Waals surface area contributed by atoms with E-state index in [-0.39, 0.29) is 5.97 Å². The standard InChI is InChI=1S/C11H13N3O2/c1-3-16-11(15)8(2)13-10-6-4-5-9(7-12)14-10/h4-6,8H,3H2,1-2H3,(H,13,14). The average Bonchev–Trinajstić information content (AvgIpc) is 2.29. The number of pyridine rings is 1. The molecule has 0 aliphatic rings. The molecule has 1 rings (SSSR count). The van der Waals surface area contributed by atoms with E-state index in [0.717, 1.165) is 0 Å². The zero-order chi connectivity index (χ0) is 12.0. The van der Waals surface area contributed by atoms with E-state index in [0.29, 0.717) is 18.1 Å². The van der Waals surface area contributed by atoms with E-state index in [2.05, 4.69) is 10.3 Å². The predicted molar refractivity (Wildman–Crippen MR) is 58.7 cm³/mol. The molecule has 0 saturated carbocycles. The molecule has 0 aliphatic carbocycles. The summed E-state index contributed by atoms with van der Waals surface area (Å²) in [5.74, 6) is 0.145. The van der Waals surface area contributed by atoms with Crippen LogP contribution in [0.4, 0.5) is 5.82 Å². The Morgan fingerprint density at radius 3 is 3.06 bits per heavy atom. The molecule has 0 saturated heterocycles. The fourth-order valence-corrected chi connectivity index (χ4v) is 1.13. The van der Waals surface area contributed by atoms with Gasteiger partial charge in [-0.1, -0.05) is 6.07 Å². The van der Waals surface area contributed by atoms with Gasteiger partial charge in [0.25, 0.3) is 0 Å². The number of hydrogen-bond donors (Lipinski definition) is 1. The molecule has 1 aromatic rings. The molecule has 0 bridgehead atoms. The number of nitrogens with one attached hydrogen (secondary N) is 1. The maximum atomic E-state index is 11.3.